The number of rotatable bonds is 8. The highest BCUT2D eigenvalue weighted by Gasteiger charge is 2.19. The number of nitrogens with zero attached hydrogens (tertiary/aromatic N) is 2. The third-order valence-electron chi connectivity index (χ3n) is 5.92. The molecule has 3 aromatic rings. The van der Waals surface area contributed by atoms with Crippen LogP contribution in [0.1, 0.15) is 23.7 Å². The molecule has 0 radical (unpaired) electrons. The lowest BCUT2D eigenvalue weighted by Crippen LogP contribution is -2.47. The van der Waals surface area contributed by atoms with Crippen LogP contribution in [-0.4, -0.2) is 56.7 Å². The van der Waals surface area contributed by atoms with Crippen LogP contribution in [0.15, 0.2) is 60.7 Å². The van der Waals surface area contributed by atoms with Crippen LogP contribution in [-0.2, 0) is 0 Å². The molecule has 4 rings (SSSR count). The van der Waals surface area contributed by atoms with E-state index in [0.717, 1.165) is 49.9 Å². The molecule has 6 heteroatoms. The number of para-hydroxylation sites is 1. The number of benzene rings is 3. The van der Waals surface area contributed by atoms with Crippen molar-refractivity contribution in [2.45, 2.75) is 13.3 Å². The van der Waals surface area contributed by atoms with Gasteiger partial charge in [0, 0.05) is 32.7 Å². The molecule has 0 aliphatic carbocycles. The first-order valence-corrected chi connectivity index (χ1v) is 11.3. The molecule has 5 nitrogen and oxygen atoms in total. The highest BCUT2D eigenvalue weighted by Crippen LogP contribution is 2.28. The summed E-state index contributed by atoms with van der Waals surface area (Å²) in [6.45, 7) is 7.32. The number of anilines is 1. The first-order valence-electron chi connectivity index (χ1n) is 11.3. The van der Waals surface area contributed by atoms with E-state index >= 15 is 0 Å². The van der Waals surface area contributed by atoms with Gasteiger partial charge in [-0.2, -0.15) is 0 Å². The van der Waals surface area contributed by atoms with Crippen molar-refractivity contribution in [3.8, 4) is 5.75 Å². The Balaban J connectivity index is 1.28. The lowest BCUT2D eigenvalue weighted by Gasteiger charge is -2.36. The molecule has 1 aliphatic rings. The molecule has 1 amide bonds. The molecule has 1 heterocycles. The summed E-state index contributed by atoms with van der Waals surface area (Å²) < 4.78 is 19.7. The van der Waals surface area contributed by atoms with E-state index in [-0.39, 0.29) is 11.7 Å². The standard InChI is InChI=1S/C26H30FN3O2/c1-2-32-24-13-12-20-8-3-4-9-21(20)25(24)26(31)28-14-7-15-29-16-18-30(19-17-29)23-11-6-5-10-22(23)27/h3-6,8-13H,2,7,14-19H2,1H3,(H,28,31). The summed E-state index contributed by atoms with van der Waals surface area (Å²) >= 11 is 0. The van der Waals surface area contributed by atoms with E-state index in [1.54, 1.807) is 6.07 Å². The molecule has 1 saturated heterocycles. The molecule has 0 saturated carbocycles. The van der Waals surface area contributed by atoms with Crippen molar-refractivity contribution in [3.05, 3.63) is 72.0 Å². The number of carbonyl (C=O) groups is 1. The minimum Gasteiger partial charge on any atom is -0.493 e. The van der Waals surface area contributed by atoms with Gasteiger partial charge in [0.05, 0.1) is 17.9 Å². The number of fused-ring (bicyclic) bond motifs is 1. The molecular weight excluding hydrogens is 405 g/mol. The minimum absolute atomic E-state index is 0.102. The molecule has 0 aromatic heterocycles. The second kappa shape index (κ2) is 10.5. The zero-order valence-corrected chi connectivity index (χ0v) is 18.5. The van der Waals surface area contributed by atoms with Gasteiger partial charge in [0.1, 0.15) is 11.6 Å². The summed E-state index contributed by atoms with van der Waals surface area (Å²) in [5, 5.41) is 4.99. The van der Waals surface area contributed by atoms with Gasteiger partial charge in [-0.1, -0.05) is 42.5 Å². The van der Waals surface area contributed by atoms with Crippen molar-refractivity contribution in [2.24, 2.45) is 0 Å². The summed E-state index contributed by atoms with van der Waals surface area (Å²) in [5.74, 6) is 0.353. The van der Waals surface area contributed by atoms with Crippen LogP contribution in [0.2, 0.25) is 0 Å². The van der Waals surface area contributed by atoms with Crippen molar-refractivity contribution in [1.29, 1.82) is 0 Å². The van der Waals surface area contributed by atoms with E-state index in [9.17, 15) is 9.18 Å². The fourth-order valence-electron chi connectivity index (χ4n) is 4.28. The average molecular weight is 436 g/mol. The number of carbonyl (C=O) groups excluding carboxylic acids is 1. The predicted octanol–water partition coefficient (Wildman–Crippen LogP) is 4.32. The van der Waals surface area contributed by atoms with Gasteiger partial charge in [0.25, 0.3) is 5.91 Å². The van der Waals surface area contributed by atoms with Crippen molar-refractivity contribution >= 4 is 22.4 Å². The summed E-state index contributed by atoms with van der Waals surface area (Å²) in [6.07, 6.45) is 0.861. The third-order valence-corrected chi connectivity index (χ3v) is 5.92. The fourth-order valence-corrected chi connectivity index (χ4v) is 4.28. The van der Waals surface area contributed by atoms with Gasteiger partial charge in [-0.05, 0) is 48.9 Å². The molecule has 0 spiro atoms. The second-order valence-electron chi connectivity index (χ2n) is 7.98. The molecule has 0 atom stereocenters. The predicted molar refractivity (Wildman–Crippen MR) is 127 cm³/mol. The Morgan fingerprint density at radius 2 is 1.75 bits per heavy atom. The number of amides is 1. The molecule has 32 heavy (non-hydrogen) atoms. The molecule has 1 fully saturated rings. The topological polar surface area (TPSA) is 44.8 Å². The Morgan fingerprint density at radius 1 is 1.00 bits per heavy atom. The highest BCUT2D eigenvalue weighted by atomic mass is 19.1. The third kappa shape index (κ3) is 5.02. The zero-order valence-electron chi connectivity index (χ0n) is 18.5. The lowest BCUT2D eigenvalue weighted by atomic mass is 10.0. The lowest BCUT2D eigenvalue weighted by molar-refractivity contribution is 0.0949. The van der Waals surface area contributed by atoms with E-state index < -0.39 is 0 Å². The number of piperazine rings is 1. The number of hydrogen-bond acceptors (Lipinski definition) is 4. The van der Waals surface area contributed by atoms with Gasteiger partial charge in [0.15, 0.2) is 0 Å². The maximum absolute atomic E-state index is 14.0. The minimum atomic E-state index is -0.163. The Bertz CT molecular complexity index is 1060. The zero-order chi connectivity index (χ0) is 22.3. The molecule has 0 unspecified atom stereocenters. The smallest absolute Gasteiger partial charge is 0.255 e. The van der Waals surface area contributed by atoms with Crippen LogP contribution in [0.5, 0.6) is 5.75 Å². The Kier molecular flexibility index (Phi) is 7.22. The largest absolute Gasteiger partial charge is 0.493 e. The van der Waals surface area contributed by atoms with Crippen molar-refractivity contribution in [3.63, 3.8) is 0 Å². The van der Waals surface area contributed by atoms with Gasteiger partial charge in [0.2, 0.25) is 0 Å². The number of ether oxygens (including phenoxy) is 1. The normalized spacial score (nSPS) is 14.5. The summed E-state index contributed by atoms with van der Waals surface area (Å²) in [4.78, 5) is 17.5. The van der Waals surface area contributed by atoms with Crippen LogP contribution in [0.3, 0.4) is 0 Å². The van der Waals surface area contributed by atoms with E-state index in [1.165, 1.54) is 6.07 Å². The molecular formula is C26H30FN3O2. The number of halogens is 1. The summed E-state index contributed by atoms with van der Waals surface area (Å²) in [7, 11) is 0. The van der Waals surface area contributed by atoms with Gasteiger partial charge in [-0.25, -0.2) is 4.39 Å². The first-order chi connectivity index (χ1) is 15.7. The van der Waals surface area contributed by atoms with Crippen molar-refractivity contribution in [2.75, 3.05) is 50.8 Å². The van der Waals surface area contributed by atoms with E-state index in [0.29, 0.717) is 30.2 Å². The average Bonchev–Trinajstić information content (AvgIpc) is 2.82. The number of hydrogen-bond donors (Lipinski definition) is 1. The maximum Gasteiger partial charge on any atom is 0.255 e. The van der Waals surface area contributed by atoms with Crippen LogP contribution in [0, 0.1) is 5.82 Å². The molecule has 1 aliphatic heterocycles. The fraction of sp³-hybridized carbons (Fsp3) is 0.346. The quantitative estimate of drug-likeness (QED) is 0.536. The van der Waals surface area contributed by atoms with E-state index in [1.807, 2.05) is 55.5 Å². The van der Waals surface area contributed by atoms with Gasteiger partial charge in [-0.15, -0.1) is 0 Å². The first kappa shape index (κ1) is 22.1. The van der Waals surface area contributed by atoms with Crippen LogP contribution >= 0.6 is 0 Å². The molecule has 0 bridgehead atoms. The monoisotopic (exact) mass is 435 g/mol. The Labute approximate surface area is 188 Å². The highest BCUT2D eigenvalue weighted by molar-refractivity contribution is 6.09. The van der Waals surface area contributed by atoms with Gasteiger partial charge < -0.3 is 15.0 Å². The molecule has 3 aromatic carbocycles. The van der Waals surface area contributed by atoms with Crippen LogP contribution in [0.25, 0.3) is 10.8 Å². The van der Waals surface area contributed by atoms with Crippen molar-refractivity contribution in [1.82, 2.24) is 10.2 Å². The Morgan fingerprint density at radius 3 is 2.53 bits per heavy atom. The van der Waals surface area contributed by atoms with Gasteiger partial charge >= 0.3 is 0 Å². The second-order valence-corrected chi connectivity index (χ2v) is 7.98. The van der Waals surface area contributed by atoms with Crippen LogP contribution in [0.4, 0.5) is 10.1 Å². The van der Waals surface area contributed by atoms with E-state index in [4.69, 9.17) is 4.74 Å². The van der Waals surface area contributed by atoms with Gasteiger partial charge in [-0.3, -0.25) is 9.69 Å². The Hall–Kier alpha value is -3.12. The molecule has 1 N–H and O–H groups in total. The summed E-state index contributed by atoms with van der Waals surface area (Å²) in [5.41, 5.74) is 1.28. The molecule has 168 valence electrons. The van der Waals surface area contributed by atoms with Crippen molar-refractivity contribution < 1.29 is 13.9 Å². The van der Waals surface area contributed by atoms with E-state index in [2.05, 4.69) is 15.1 Å². The number of nitrogens with one attached hydrogen (secondary N) is 1. The SMILES string of the molecule is CCOc1ccc2ccccc2c1C(=O)NCCCN1CCN(c2ccccc2F)CC1. The summed E-state index contributed by atoms with van der Waals surface area (Å²) in [6, 6.07) is 18.7. The maximum atomic E-state index is 14.0. The van der Waals surface area contributed by atoms with Crippen LogP contribution < -0.4 is 15.0 Å².